The highest BCUT2D eigenvalue weighted by atomic mass is 32.1. The second-order valence-electron chi connectivity index (χ2n) is 2.42. The van der Waals surface area contributed by atoms with Gasteiger partial charge >= 0.3 is 0 Å². The molecule has 0 saturated carbocycles. The highest BCUT2D eigenvalue weighted by Crippen LogP contribution is 2.21. The van der Waals surface area contributed by atoms with Crippen LogP contribution in [0.4, 0.5) is 5.69 Å². The molecule has 2 N–H and O–H groups in total. The van der Waals surface area contributed by atoms with Crippen molar-refractivity contribution in [2.75, 3.05) is 5.73 Å². The zero-order valence-corrected chi connectivity index (χ0v) is 7.07. The molecule has 1 aromatic rings. The lowest BCUT2D eigenvalue weighted by Crippen LogP contribution is -1.92. The number of benzene rings is 1. The van der Waals surface area contributed by atoms with Crippen molar-refractivity contribution in [2.24, 2.45) is 0 Å². The van der Waals surface area contributed by atoms with Crippen LogP contribution in [0.3, 0.4) is 0 Å². The van der Waals surface area contributed by atoms with Crippen molar-refractivity contribution in [3.05, 3.63) is 23.3 Å². The molecule has 0 heterocycles. The Morgan fingerprint density at radius 3 is 2.30 bits per heavy atom. The molecule has 0 aliphatic carbocycles. The quantitative estimate of drug-likeness (QED) is 0.433. The van der Waals surface area contributed by atoms with E-state index >= 15 is 0 Å². The first-order valence-electron chi connectivity index (χ1n) is 3.17. The molecule has 54 valence electrons. The second-order valence-corrected chi connectivity index (χ2v) is 2.91. The fourth-order valence-corrected chi connectivity index (χ4v) is 1.07. The van der Waals surface area contributed by atoms with Crippen LogP contribution in [-0.4, -0.2) is 0 Å². The largest absolute Gasteiger partial charge is 0.399 e. The van der Waals surface area contributed by atoms with E-state index in [1.165, 1.54) is 5.56 Å². The number of nitrogens with two attached hydrogens (primary N) is 1. The number of nitrogen functional groups attached to an aromatic ring is 1. The molecule has 0 unspecified atom stereocenters. The predicted molar refractivity (Wildman–Crippen MR) is 47.6 cm³/mol. The van der Waals surface area contributed by atoms with Crippen LogP contribution >= 0.6 is 12.6 Å². The lowest BCUT2D eigenvalue weighted by Gasteiger charge is -2.05. The van der Waals surface area contributed by atoms with E-state index in [-0.39, 0.29) is 0 Å². The van der Waals surface area contributed by atoms with Gasteiger partial charge in [-0.15, -0.1) is 12.6 Å². The molecule has 1 nitrogen and oxygen atoms in total. The van der Waals surface area contributed by atoms with Gasteiger partial charge in [-0.3, -0.25) is 0 Å². The van der Waals surface area contributed by atoms with Crippen molar-refractivity contribution in [1.82, 2.24) is 0 Å². The summed E-state index contributed by atoms with van der Waals surface area (Å²) in [7, 11) is 0. The van der Waals surface area contributed by atoms with E-state index < -0.39 is 0 Å². The molecule has 0 saturated heterocycles. The second kappa shape index (κ2) is 2.54. The minimum absolute atomic E-state index is 0.843. The summed E-state index contributed by atoms with van der Waals surface area (Å²) in [6.07, 6.45) is 0. The summed E-state index contributed by atoms with van der Waals surface area (Å²) in [5.41, 5.74) is 8.80. The van der Waals surface area contributed by atoms with Gasteiger partial charge in [-0.05, 0) is 37.1 Å². The Morgan fingerprint density at radius 2 is 1.80 bits per heavy atom. The van der Waals surface area contributed by atoms with Crippen LogP contribution in [0.1, 0.15) is 11.1 Å². The molecule has 0 fully saturated rings. The van der Waals surface area contributed by atoms with Crippen LogP contribution < -0.4 is 5.73 Å². The van der Waals surface area contributed by atoms with Crippen LogP contribution in [0.5, 0.6) is 0 Å². The highest BCUT2D eigenvalue weighted by molar-refractivity contribution is 7.80. The third-order valence-corrected chi connectivity index (χ3v) is 2.28. The summed E-state index contributed by atoms with van der Waals surface area (Å²) >= 11 is 4.26. The monoisotopic (exact) mass is 153 g/mol. The molecule has 0 spiro atoms. The maximum absolute atomic E-state index is 5.66. The molecule has 0 aliphatic rings. The summed E-state index contributed by atoms with van der Waals surface area (Å²) in [6.45, 7) is 4.03. The molecule has 0 aliphatic heterocycles. The Kier molecular flexibility index (Phi) is 1.90. The highest BCUT2D eigenvalue weighted by Gasteiger charge is 1.98. The topological polar surface area (TPSA) is 26.0 Å². The molecule has 2 heteroatoms. The molecule has 0 atom stereocenters. The maximum atomic E-state index is 5.66. The van der Waals surface area contributed by atoms with Gasteiger partial charge in [0.05, 0.1) is 0 Å². The number of hydrogen-bond acceptors (Lipinski definition) is 2. The lowest BCUT2D eigenvalue weighted by atomic mass is 10.1. The minimum atomic E-state index is 0.843. The third-order valence-electron chi connectivity index (χ3n) is 1.80. The SMILES string of the molecule is Cc1c(N)ccc(S)c1C. The Labute approximate surface area is 66.7 Å². The van der Waals surface area contributed by atoms with E-state index in [0.29, 0.717) is 0 Å². The van der Waals surface area contributed by atoms with Crippen molar-refractivity contribution in [2.45, 2.75) is 18.7 Å². The zero-order chi connectivity index (χ0) is 7.72. The molecular weight excluding hydrogens is 142 g/mol. The Morgan fingerprint density at radius 1 is 1.20 bits per heavy atom. The van der Waals surface area contributed by atoms with Crippen LogP contribution in [0.15, 0.2) is 17.0 Å². The first-order chi connectivity index (χ1) is 4.63. The Balaban J connectivity index is 3.34. The molecule has 0 amide bonds. The molecule has 1 rings (SSSR count). The van der Waals surface area contributed by atoms with Gasteiger partial charge in [0.25, 0.3) is 0 Å². The van der Waals surface area contributed by atoms with E-state index in [9.17, 15) is 0 Å². The first-order valence-corrected chi connectivity index (χ1v) is 3.62. The molecule has 0 radical (unpaired) electrons. The number of hydrogen-bond donors (Lipinski definition) is 2. The molecule has 10 heavy (non-hydrogen) atoms. The Hall–Kier alpha value is -0.630. The number of thiol groups is 1. The number of anilines is 1. The van der Waals surface area contributed by atoms with Gasteiger partial charge in [0, 0.05) is 10.6 Å². The van der Waals surface area contributed by atoms with Gasteiger partial charge in [-0.1, -0.05) is 0 Å². The van der Waals surface area contributed by atoms with E-state index in [4.69, 9.17) is 5.73 Å². The Bertz CT molecular complexity index is 229. The minimum Gasteiger partial charge on any atom is -0.399 e. The molecule has 1 aromatic carbocycles. The van der Waals surface area contributed by atoms with Gasteiger partial charge < -0.3 is 5.73 Å². The van der Waals surface area contributed by atoms with Crippen molar-refractivity contribution < 1.29 is 0 Å². The number of rotatable bonds is 0. The predicted octanol–water partition coefficient (Wildman–Crippen LogP) is 2.17. The fraction of sp³-hybridized carbons (Fsp3) is 0.250. The normalized spacial score (nSPS) is 9.90. The first kappa shape index (κ1) is 7.48. The van der Waals surface area contributed by atoms with E-state index in [1.54, 1.807) is 0 Å². The van der Waals surface area contributed by atoms with Gasteiger partial charge in [0.1, 0.15) is 0 Å². The third kappa shape index (κ3) is 1.12. The zero-order valence-electron chi connectivity index (χ0n) is 6.18. The van der Waals surface area contributed by atoms with Gasteiger partial charge in [-0.25, -0.2) is 0 Å². The van der Waals surface area contributed by atoms with Crippen molar-refractivity contribution in [1.29, 1.82) is 0 Å². The van der Waals surface area contributed by atoms with Crippen molar-refractivity contribution in [3.8, 4) is 0 Å². The van der Waals surface area contributed by atoms with Gasteiger partial charge in [-0.2, -0.15) is 0 Å². The molecule has 0 aromatic heterocycles. The van der Waals surface area contributed by atoms with Gasteiger partial charge in [0.2, 0.25) is 0 Å². The summed E-state index contributed by atoms with van der Waals surface area (Å²) in [5, 5.41) is 0. The smallest absolute Gasteiger partial charge is 0.0347 e. The molecule has 0 bridgehead atoms. The lowest BCUT2D eigenvalue weighted by molar-refractivity contribution is 1.24. The summed E-state index contributed by atoms with van der Waals surface area (Å²) < 4.78 is 0. The van der Waals surface area contributed by atoms with Crippen LogP contribution in [0.25, 0.3) is 0 Å². The van der Waals surface area contributed by atoms with E-state index in [2.05, 4.69) is 12.6 Å². The van der Waals surface area contributed by atoms with Crippen molar-refractivity contribution in [3.63, 3.8) is 0 Å². The fourth-order valence-electron chi connectivity index (χ4n) is 0.827. The summed E-state index contributed by atoms with van der Waals surface area (Å²) in [5.74, 6) is 0. The standard InChI is InChI=1S/C8H11NS/c1-5-6(2)8(10)4-3-7(5)9/h3-4,10H,9H2,1-2H3. The van der Waals surface area contributed by atoms with E-state index in [0.717, 1.165) is 16.1 Å². The van der Waals surface area contributed by atoms with Crippen LogP contribution in [0, 0.1) is 13.8 Å². The molecular formula is C8H11NS. The maximum Gasteiger partial charge on any atom is 0.0347 e. The van der Waals surface area contributed by atoms with Crippen LogP contribution in [0.2, 0.25) is 0 Å². The summed E-state index contributed by atoms with van der Waals surface area (Å²) in [4.78, 5) is 1.01. The van der Waals surface area contributed by atoms with Crippen molar-refractivity contribution >= 4 is 18.3 Å². The van der Waals surface area contributed by atoms with Gasteiger partial charge in [0.15, 0.2) is 0 Å². The van der Waals surface area contributed by atoms with Crippen LogP contribution in [-0.2, 0) is 0 Å². The average molecular weight is 153 g/mol. The van der Waals surface area contributed by atoms with E-state index in [1.807, 2.05) is 26.0 Å². The average Bonchev–Trinajstić information content (AvgIpc) is 1.93. The summed E-state index contributed by atoms with van der Waals surface area (Å²) in [6, 6.07) is 3.80.